The summed E-state index contributed by atoms with van der Waals surface area (Å²) in [6.07, 6.45) is 4.10. The molecule has 0 bridgehead atoms. The van der Waals surface area contributed by atoms with E-state index in [9.17, 15) is 0 Å². The second-order valence-corrected chi connectivity index (χ2v) is 4.98. The fraction of sp³-hybridized carbons (Fsp3) is 1.00. The molecule has 0 aliphatic heterocycles. The van der Waals surface area contributed by atoms with Crippen LogP contribution in [0.3, 0.4) is 0 Å². The fourth-order valence-corrected chi connectivity index (χ4v) is 2.90. The quantitative estimate of drug-likeness (QED) is 0.718. The monoisotopic (exact) mass is 228 g/mol. The number of nitrogens with zero attached hydrogens (tertiary/aromatic N) is 1. The molecule has 3 nitrogen and oxygen atoms in total. The maximum atomic E-state index is 5.25. The molecule has 0 saturated heterocycles. The Morgan fingerprint density at radius 1 is 1.44 bits per heavy atom. The Hall–Kier alpha value is -0.120. The van der Waals surface area contributed by atoms with Gasteiger partial charge in [0.15, 0.2) is 0 Å². The van der Waals surface area contributed by atoms with E-state index >= 15 is 0 Å². The molecule has 3 unspecified atom stereocenters. The van der Waals surface area contributed by atoms with Crippen molar-refractivity contribution in [1.29, 1.82) is 0 Å². The highest BCUT2D eigenvalue weighted by Crippen LogP contribution is 2.26. The molecule has 3 atom stereocenters. The third-order valence-electron chi connectivity index (χ3n) is 3.94. The molecule has 96 valence electrons. The van der Waals surface area contributed by atoms with Crippen LogP contribution >= 0.6 is 0 Å². The van der Waals surface area contributed by atoms with E-state index in [1.54, 1.807) is 7.11 Å². The molecule has 1 rings (SSSR count). The summed E-state index contributed by atoms with van der Waals surface area (Å²) in [5, 5.41) is 3.46. The van der Waals surface area contributed by atoms with Gasteiger partial charge < -0.3 is 10.1 Å². The molecular weight excluding hydrogens is 200 g/mol. The first-order valence-electron chi connectivity index (χ1n) is 6.63. The van der Waals surface area contributed by atoms with Crippen molar-refractivity contribution >= 4 is 0 Å². The standard InChI is InChI=1S/C13H28N2O/c1-5-15(11(2)10-16-4)9-12-7-6-8-13(12)14-3/h11-14H,5-10H2,1-4H3. The number of hydrogen-bond donors (Lipinski definition) is 1. The number of likely N-dealkylation sites (N-methyl/N-ethyl adjacent to an activating group) is 1. The van der Waals surface area contributed by atoms with E-state index in [1.807, 2.05) is 0 Å². The van der Waals surface area contributed by atoms with Crippen molar-refractivity contribution in [3.63, 3.8) is 0 Å². The second-order valence-electron chi connectivity index (χ2n) is 4.98. The van der Waals surface area contributed by atoms with Crippen LogP contribution in [-0.2, 0) is 4.74 Å². The van der Waals surface area contributed by atoms with Crippen LogP contribution in [0, 0.1) is 5.92 Å². The lowest BCUT2D eigenvalue weighted by atomic mass is 10.0. The number of rotatable bonds is 7. The third kappa shape index (κ3) is 3.72. The molecule has 0 heterocycles. The molecule has 1 N–H and O–H groups in total. The summed E-state index contributed by atoms with van der Waals surface area (Å²) >= 11 is 0. The Morgan fingerprint density at radius 3 is 2.75 bits per heavy atom. The lowest BCUT2D eigenvalue weighted by molar-refractivity contribution is 0.0890. The first-order chi connectivity index (χ1) is 7.72. The van der Waals surface area contributed by atoms with Crippen molar-refractivity contribution in [2.45, 2.75) is 45.2 Å². The van der Waals surface area contributed by atoms with Crippen molar-refractivity contribution in [1.82, 2.24) is 10.2 Å². The summed E-state index contributed by atoms with van der Waals surface area (Å²) in [6, 6.07) is 1.26. The smallest absolute Gasteiger partial charge is 0.0615 e. The number of ether oxygens (including phenoxy) is 1. The van der Waals surface area contributed by atoms with Gasteiger partial charge >= 0.3 is 0 Å². The summed E-state index contributed by atoms with van der Waals surface area (Å²) in [6.45, 7) is 7.68. The average molecular weight is 228 g/mol. The topological polar surface area (TPSA) is 24.5 Å². The zero-order chi connectivity index (χ0) is 12.0. The third-order valence-corrected chi connectivity index (χ3v) is 3.94. The zero-order valence-electron chi connectivity index (χ0n) is 11.3. The summed E-state index contributed by atoms with van der Waals surface area (Å²) in [4.78, 5) is 2.55. The van der Waals surface area contributed by atoms with Gasteiger partial charge in [0.05, 0.1) is 6.61 Å². The highest BCUT2D eigenvalue weighted by molar-refractivity contribution is 4.85. The summed E-state index contributed by atoms with van der Waals surface area (Å²) < 4.78 is 5.25. The van der Waals surface area contributed by atoms with Crippen LogP contribution in [0.2, 0.25) is 0 Å². The van der Waals surface area contributed by atoms with Crippen LogP contribution in [0.4, 0.5) is 0 Å². The van der Waals surface area contributed by atoms with E-state index in [-0.39, 0.29) is 0 Å². The number of hydrogen-bond acceptors (Lipinski definition) is 3. The number of methoxy groups -OCH3 is 1. The van der Waals surface area contributed by atoms with Crippen molar-refractivity contribution in [2.75, 3.05) is 33.9 Å². The molecular formula is C13H28N2O. The molecule has 1 aliphatic rings. The Balaban J connectivity index is 2.42. The fourth-order valence-electron chi connectivity index (χ4n) is 2.90. The van der Waals surface area contributed by atoms with Crippen molar-refractivity contribution in [3.05, 3.63) is 0 Å². The Labute approximate surface area is 101 Å². The van der Waals surface area contributed by atoms with Gasteiger partial charge in [0.1, 0.15) is 0 Å². The minimum absolute atomic E-state index is 0.535. The normalized spacial score (nSPS) is 27.6. The van der Waals surface area contributed by atoms with Crippen LogP contribution in [0.25, 0.3) is 0 Å². The van der Waals surface area contributed by atoms with Gasteiger partial charge in [-0.05, 0) is 39.3 Å². The molecule has 0 aromatic heterocycles. The highest BCUT2D eigenvalue weighted by atomic mass is 16.5. The summed E-state index contributed by atoms with van der Waals surface area (Å²) in [7, 11) is 3.88. The van der Waals surface area contributed by atoms with Gasteiger partial charge in [0.25, 0.3) is 0 Å². The van der Waals surface area contributed by atoms with Crippen LogP contribution in [0.5, 0.6) is 0 Å². The van der Waals surface area contributed by atoms with E-state index in [1.165, 1.54) is 25.8 Å². The van der Waals surface area contributed by atoms with Crippen molar-refractivity contribution in [2.24, 2.45) is 5.92 Å². The summed E-state index contributed by atoms with van der Waals surface area (Å²) in [5.41, 5.74) is 0. The lowest BCUT2D eigenvalue weighted by Crippen LogP contribution is -2.43. The maximum absolute atomic E-state index is 5.25. The van der Waals surface area contributed by atoms with Gasteiger partial charge in [-0.25, -0.2) is 0 Å². The second kappa shape index (κ2) is 7.25. The molecule has 0 amide bonds. The molecule has 0 aromatic carbocycles. The minimum atomic E-state index is 0.535. The van der Waals surface area contributed by atoms with Gasteiger partial charge in [-0.15, -0.1) is 0 Å². The van der Waals surface area contributed by atoms with Gasteiger partial charge in [-0.3, -0.25) is 4.90 Å². The van der Waals surface area contributed by atoms with Gasteiger partial charge in [-0.2, -0.15) is 0 Å². The van der Waals surface area contributed by atoms with E-state index in [2.05, 4.69) is 31.1 Å². The molecule has 16 heavy (non-hydrogen) atoms. The molecule has 0 aromatic rings. The number of nitrogens with one attached hydrogen (secondary N) is 1. The Kier molecular flexibility index (Phi) is 6.32. The molecule has 0 spiro atoms. The SMILES string of the molecule is CCN(CC1CCCC1NC)C(C)COC. The molecule has 0 radical (unpaired) electrons. The van der Waals surface area contributed by atoms with Crippen molar-refractivity contribution < 1.29 is 4.74 Å². The van der Waals surface area contributed by atoms with Crippen LogP contribution in [0.1, 0.15) is 33.1 Å². The van der Waals surface area contributed by atoms with E-state index in [0.717, 1.165) is 25.1 Å². The van der Waals surface area contributed by atoms with Crippen LogP contribution < -0.4 is 5.32 Å². The first kappa shape index (κ1) is 13.9. The van der Waals surface area contributed by atoms with Gasteiger partial charge in [0.2, 0.25) is 0 Å². The van der Waals surface area contributed by atoms with Crippen LogP contribution in [-0.4, -0.2) is 50.8 Å². The van der Waals surface area contributed by atoms with E-state index in [0.29, 0.717) is 6.04 Å². The minimum Gasteiger partial charge on any atom is -0.383 e. The predicted molar refractivity (Wildman–Crippen MR) is 68.8 cm³/mol. The molecule has 1 aliphatic carbocycles. The first-order valence-corrected chi connectivity index (χ1v) is 6.63. The van der Waals surface area contributed by atoms with Crippen LogP contribution in [0.15, 0.2) is 0 Å². The van der Waals surface area contributed by atoms with Crippen molar-refractivity contribution in [3.8, 4) is 0 Å². The Morgan fingerprint density at radius 2 is 2.19 bits per heavy atom. The van der Waals surface area contributed by atoms with Gasteiger partial charge in [-0.1, -0.05) is 13.3 Å². The zero-order valence-corrected chi connectivity index (χ0v) is 11.3. The average Bonchev–Trinajstić information content (AvgIpc) is 2.73. The summed E-state index contributed by atoms with van der Waals surface area (Å²) in [5.74, 6) is 0.823. The molecule has 1 saturated carbocycles. The Bertz CT molecular complexity index is 187. The maximum Gasteiger partial charge on any atom is 0.0615 e. The lowest BCUT2D eigenvalue weighted by Gasteiger charge is -2.32. The van der Waals surface area contributed by atoms with E-state index in [4.69, 9.17) is 4.74 Å². The molecule has 1 fully saturated rings. The van der Waals surface area contributed by atoms with Gasteiger partial charge in [0, 0.05) is 25.7 Å². The highest BCUT2D eigenvalue weighted by Gasteiger charge is 2.28. The largest absolute Gasteiger partial charge is 0.383 e. The molecule has 3 heteroatoms. The predicted octanol–water partition coefficient (Wildman–Crippen LogP) is 1.73. The van der Waals surface area contributed by atoms with E-state index < -0.39 is 0 Å².